The second-order valence-electron chi connectivity index (χ2n) is 3.97. The summed E-state index contributed by atoms with van der Waals surface area (Å²) in [6.07, 6.45) is 6.69. The summed E-state index contributed by atoms with van der Waals surface area (Å²) in [6.45, 7) is 0.320. The van der Waals surface area contributed by atoms with Crippen molar-refractivity contribution in [2.24, 2.45) is 5.10 Å². The smallest absolute Gasteiger partial charge is 0.141 e. The van der Waals surface area contributed by atoms with E-state index < -0.39 is 0 Å². The molecule has 6 heteroatoms. The van der Waals surface area contributed by atoms with Crippen molar-refractivity contribution in [2.45, 2.75) is 6.54 Å². The third-order valence-electron chi connectivity index (χ3n) is 2.80. The third-order valence-corrected chi connectivity index (χ3v) is 2.80. The van der Waals surface area contributed by atoms with Crippen LogP contribution in [0.4, 0.5) is 0 Å². The standard InChI is InChI=1S/C13H10N6/c14-5-6-18-8-11(7-17-19-9-15-16-10-19)12-3-1-2-4-13(12)18/h1-4,7-10H,6H2. The molecule has 1 aromatic carbocycles. The number of nitriles is 1. The molecule has 2 heterocycles. The van der Waals surface area contributed by atoms with Crippen LogP contribution >= 0.6 is 0 Å². The maximum atomic E-state index is 8.84. The van der Waals surface area contributed by atoms with E-state index in [9.17, 15) is 0 Å². The van der Waals surface area contributed by atoms with Gasteiger partial charge in [-0.05, 0) is 6.07 Å². The molecule has 0 saturated carbocycles. The molecule has 92 valence electrons. The van der Waals surface area contributed by atoms with Gasteiger partial charge in [0.25, 0.3) is 0 Å². The SMILES string of the molecule is N#CCn1cc(C=Nn2cnnc2)c2ccccc21. The van der Waals surface area contributed by atoms with E-state index in [1.807, 2.05) is 35.0 Å². The fraction of sp³-hybridized carbons (Fsp3) is 0.0769. The van der Waals surface area contributed by atoms with Crippen LogP contribution in [0.2, 0.25) is 0 Å². The Morgan fingerprint density at radius 3 is 2.84 bits per heavy atom. The van der Waals surface area contributed by atoms with Crippen LogP contribution in [0.15, 0.2) is 48.2 Å². The second kappa shape index (κ2) is 4.74. The molecule has 6 nitrogen and oxygen atoms in total. The molecule has 0 aliphatic carbocycles. The van der Waals surface area contributed by atoms with Gasteiger partial charge in [-0.1, -0.05) is 18.2 Å². The summed E-state index contributed by atoms with van der Waals surface area (Å²) in [5.41, 5.74) is 1.98. The minimum atomic E-state index is 0.320. The van der Waals surface area contributed by atoms with E-state index in [4.69, 9.17) is 5.26 Å². The van der Waals surface area contributed by atoms with E-state index >= 15 is 0 Å². The summed E-state index contributed by atoms with van der Waals surface area (Å²) in [5, 5.41) is 21.5. The number of hydrogen-bond acceptors (Lipinski definition) is 4. The summed E-state index contributed by atoms with van der Waals surface area (Å²) in [4.78, 5) is 0. The van der Waals surface area contributed by atoms with Gasteiger partial charge in [0.15, 0.2) is 0 Å². The molecule has 2 aromatic heterocycles. The maximum absolute atomic E-state index is 8.84. The van der Waals surface area contributed by atoms with Gasteiger partial charge in [-0.2, -0.15) is 10.4 Å². The number of fused-ring (bicyclic) bond motifs is 1. The number of para-hydroxylation sites is 1. The van der Waals surface area contributed by atoms with Crippen LogP contribution in [0.25, 0.3) is 10.9 Å². The molecule has 3 rings (SSSR count). The first kappa shape index (κ1) is 11.2. The number of nitrogens with zero attached hydrogens (tertiary/aromatic N) is 6. The average molecular weight is 250 g/mol. The van der Waals surface area contributed by atoms with Crippen LogP contribution < -0.4 is 0 Å². The molecule has 0 unspecified atom stereocenters. The predicted molar refractivity (Wildman–Crippen MR) is 70.6 cm³/mol. The molecular weight excluding hydrogens is 240 g/mol. The molecule has 0 aliphatic rings. The Morgan fingerprint density at radius 1 is 1.26 bits per heavy atom. The van der Waals surface area contributed by atoms with E-state index in [-0.39, 0.29) is 0 Å². The number of hydrogen-bond donors (Lipinski definition) is 0. The average Bonchev–Trinajstić information content (AvgIpc) is 3.06. The van der Waals surface area contributed by atoms with E-state index in [0.717, 1.165) is 16.5 Å². The van der Waals surface area contributed by atoms with Gasteiger partial charge < -0.3 is 4.57 Å². The second-order valence-corrected chi connectivity index (χ2v) is 3.97. The zero-order chi connectivity index (χ0) is 13.1. The van der Waals surface area contributed by atoms with Crippen molar-refractivity contribution in [1.82, 2.24) is 19.4 Å². The van der Waals surface area contributed by atoms with Crippen LogP contribution in [0.3, 0.4) is 0 Å². The van der Waals surface area contributed by atoms with Gasteiger partial charge in [0.2, 0.25) is 0 Å². The van der Waals surface area contributed by atoms with Crippen LogP contribution in [0, 0.1) is 11.3 Å². The molecule has 0 radical (unpaired) electrons. The Hall–Kier alpha value is -2.94. The van der Waals surface area contributed by atoms with Crippen LogP contribution in [-0.2, 0) is 6.54 Å². The van der Waals surface area contributed by atoms with E-state index in [2.05, 4.69) is 21.4 Å². The third kappa shape index (κ3) is 2.09. The highest BCUT2D eigenvalue weighted by Gasteiger charge is 2.05. The summed E-state index contributed by atoms with van der Waals surface area (Å²) in [6, 6.07) is 10.1. The maximum Gasteiger partial charge on any atom is 0.141 e. The van der Waals surface area contributed by atoms with Gasteiger partial charge in [0, 0.05) is 22.7 Å². The lowest BCUT2D eigenvalue weighted by Gasteiger charge is -1.96. The van der Waals surface area contributed by atoms with Crippen molar-refractivity contribution in [2.75, 3.05) is 0 Å². The van der Waals surface area contributed by atoms with E-state index in [1.54, 1.807) is 6.21 Å². The molecule has 0 N–H and O–H groups in total. The quantitative estimate of drug-likeness (QED) is 0.663. The van der Waals surface area contributed by atoms with E-state index in [0.29, 0.717) is 6.54 Å². The normalized spacial score (nSPS) is 11.1. The summed E-state index contributed by atoms with van der Waals surface area (Å²) >= 11 is 0. The summed E-state index contributed by atoms with van der Waals surface area (Å²) in [5.74, 6) is 0. The van der Waals surface area contributed by atoms with Gasteiger partial charge in [-0.15, -0.1) is 10.2 Å². The molecule has 0 aliphatic heterocycles. The molecule has 0 spiro atoms. The monoisotopic (exact) mass is 250 g/mol. The highest BCUT2D eigenvalue weighted by molar-refractivity contribution is 5.99. The molecular formula is C13H10N6. The Kier molecular flexibility index (Phi) is 2.79. The molecule has 0 atom stereocenters. The van der Waals surface area contributed by atoms with Gasteiger partial charge in [-0.3, -0.25) is 0 Å². The Labute approximate surface area is 109 Å². The van der Waals surface area contributed by atoms with Crippen molar-refractivity contribution in [1.29, 1.82) is 5.26 Å². The number of aromatic nitrogens is 4. The molecule has 0 bridgehead atoms. The highest BCUT2D eigenvalue weighted by atomic mass is 15.4. The van der Waals surface area contributed by atoms with Crippen LogP contribution in [0.5, 0.6) is 0 Å². The first-order valence-corrected chi connectivity index (χ1v) is 5.72. The fourth-order valence-corrected chi connectivity index (χ4v) is 1.97. The topological polar surface area (TPSA) is 71.8 Å². The summed E-state index contributed by atoms with van der Waals surface area (Å²) < 4.78 is 3.43. The molecule has 0 saturated heterocycles. The molecule has 3 aromatic rings. The van der Waals surface area contributed by atoms with Crippen molar-refractivity contribution in [3.63, 3.8) is 0 Å². The highest BCUT2D eigenvalue weighted by Crippen LogP contribution is 2.19. The zero-order valence-corrected chi connectivity index (χ0v) is 10.0. The number of rotatable bonds is 3. The molecule has 19 heavy (non-hydrogen) atoms. The lowest BCUT2D eigenvalue weighted by Crippen LogP contribution is -1.92. The predicted octanol–water partition coefficient (Wildman–Crippen LogP) is 1.64. The lowest BCUT2D eigenvalue weighted by atomic mass is 10.2. The minimum Gasteiger partial charge on any atom is -0.333 e. The first-order chi connectivity index (χ1) is 9.38. The van der Waals surface area contributed by atoms with Crippen molar-refractivity contribution in [3.8, 4) is 6.07 Å². The number of benzene rings is 1. The Bertz CT molecular complexity index is 760. The first-order valence-electron chi connectivity index (χ1n) is 5.72. The Balaban J connectivity index is 2.06. The molecule has 0 fully saturated rings. The van der Waals surface area contributed by atoms with Gasteiger partial charge in [-0.25, -0.2) is 4.68 Å². The fourth-order valence-electron chi connectivity index (χ4n) is 1.97. The largest absolute Gasteiger partial charge is 0.333 e. The zero-order valence-electron chi connectivity index (χ0n) is 10.0. The van der Waals surface area contributed by atoms with Crippen molar-refractivity contribution < 1.29 is 0 Å². The van der Waals surface area contributed by atoms with Crippen molar-refractivity contribution >= 4 is 17.1 Å². The van der Waals surface area contributed by atoms with Gasteiger partial charge in [0.1, 0.15) is 19.2 Å². The van der Waals surface area contributed by atoms with E-state index in [1.165, 1.54) is 17.3 Å². The lowest BCUT2D eigenvalue weighted by molar-refractivity contribution is 0.869. The van der Waals surface area contributed by atoms with Gasteiger partial charge in [0.05, 0.1) is 12.3 Å². The van der Waals surface area contributed by atoms with Crippen molar-refractivity contribution in [3.05, 3.63) is 48.7 Å². The Morgan fingerprint density at radius 2 is 2.05 bits per heavy atom. The molecule has 0 amide bonds. The van der Waals surface area contributed by atoms with Gasteiger partial charge >= 0.3 is 0 Å². The van der Waals surface area contributed by atoms with Crippen LogP contribution in [-0.4, -0.2) is 25.7 Å². The van der Waals surface area contributed by atoms with Crippen LogP contribution in [0.1, 0.15) is 5.56 Å². The summed E-state index contributed by atoms with van der Waals surface area (Å²) in [7, 11) is 0. The minimum absolute atomic E-state index is 0.320.